The minimum atomic E-state index is -1.84. The molecule has 1 heterocycles. The van der Waals surface area contributed by atoms with Crippen molar-refractivity contribution in [3.05, 3.63) is 65.4 Å². The van der Waals surface area contributed by atoms with Crippen molar-refractivity contribution in [2.24, 2.45) is 5.14 Å². The molecule has 1 fully saturated rings. The summed E-state index contributed by atoms with van der Waals surface area (Å²) in [5, 5.41) is 11.8. The molecule has 0 aromatic heterocycles. The smallest absolute Gasteiger partial charge is 0.210 e. The molecule has 2 aromatic rings. The van der Waals surface area contributed by atoms with Gasteiger partial charge in [0, 0.05) is 49.2 Å². The number of piperazine rings is 1. The highest BCUT2D eigenvalue weighted by molar-refractivity contribution is 7.82. The maximum Gasteiger partial charge on any atom is 0.210 e. The van der Waals surface area contributed by atoms with E-state index in [1.165, 1.54) is 12.1 Å². The van der Waals surface area contributed by atoms with E-state index < -0.39 is 11.0 Å². The van der Waals surface area contributed by atoms with Crippen molar-refractivity contribution in [3.8, 4) is 0 Å². The van der Waals surface area contributed by atoms with Gasteiger partial charge >= 0.3 is 0 Å². The maximum absolute atomic E-state index is 12.9. The lowest BCUT2D eigenvalue weighted by atomic mass is 9.92. The molecule has 4 rings (SSSR count). The number of rotatable bonds is 4. The molecule has 1 unspecified atom stereocenters. The molecule has 0 bridgehead atoms. The average molecular weight is 396 g/mol. The number of anilines is 2. The first-order chi connectivity index (χ1) is 13.5. The monoisotopic (exact) mass is 396 g/mol. The molecule has 4 N–H and O–H groups in total. The van der Waals surface area contributed by atoms with Crippen LogP contribution in [0.5, 0.6) is 0 Å². The standard InChI is InChI=1S/C20H20N4O3S/c21-28(27)18-6-2-5-15-19(18)17(25)12-16(20(15)26)23-13-3-1-4-14(11-13)24-9-7-22-8-10-24/h1-6,11-12,22-23H,7-10,21H2. The van der Waals surface area contributed by atoms with E-state index in [9.17, 15) is 13.8 Å². The number of benzene rings is 2. The first-order valence-corrected chi connectivity index (χ1v) is 10.2. The van der Waals surface area contributed by atoms with Gasteiger partial charge in [0.1, 0.15) is 11.0 Å². The summed E-state index contributed by atoms with van der Waals surface area (Å²) >= 11 is 0. The number of nitrogens with one attached hydrogen (secondary N) is 2. The fourth-order valence-electron chi connectivity index (χ4n) is 3.51. The molecule has 8 heteroatoms. The van der Waals surface area contributed by atoms with Crippen LogP contribution in [-0.2, 0) is 11.0 Å². The molecule has 0 saturated carbocycles. The first kappa shape index (κ1) is 18.5. The van der Waals surface area contributed by atoms with Crippen LogP contribution in [0, 0.1) is 0 Å². The van der Waals surface area contributed by atoms with Crippen LogP contribution in [0.2, 0.25) is 0 Å². The Hall–Kier alpha value is -2.81. The normalized spacial score (nSPS) is 17.8. The summed E-state index contributed by atoms with van der Waals surface area (Å²) in [6.07, 6.45) is 1.25. The molecule has 1 saturated heterocycles. The molecule has 1 aliphatic heterocycles. The summed E-state index contributed by atoms with van der Waals surface area (Å²) in [4.78, 5) is 27.9. The van der Waals surface area contributed by atoms with Crippen LogP contribution in [0.25, 0.3) is 0 Å². The van der Waals surface area contributed by atoms with Gasteiger partial charge in [-0.2, -0.15) is 0 Å². The molecule has 28 heavy (non-hydrogen) atoms. The zero-order valence-corrected chi connectivity index (χ0v) is 15.9. The van der Waals surface area contributed by atoms with E-state index >= 15 is 0 Å². The van der Waals surface area contributed by atoms with E-state index in [1.54, 1.807) is 12.1 Å². The number of fused-ring (bicyclic) bond motifs is 1. The molecular formula is C20H20N4O3S. The van der Waals surface area contributed by atoms with Crippen molar-refractivity contribution in [1.29, 1.82) is 0 Å². The van der Waals surface area contributed by atoms with Crippen LogP contribution in [0.4, 0.5) is 11.4 Å². The number of Topliss-reactive ketones (excluding diaryl/α,β-unsaturated/α-hetero) is 1. The summed E-state index contributed by atoms with van der Waals surface area (Å²) in [6.45, 7) is 3.68. The molecule has 1 aliphatic carbocycles. The maximum atomic E-state index is 12.9. The average Bonchev–Trinajstić information content (AvgIpc) is 2.72. The number of allylic oxidation sites excluding steroid dienone is 2. The lowest BCUT2D eigenvalue weighted by Gasteiger charge is -2.29. The highest BCUT2D eigenvalue weighted by Crippen LogP contribution is 2.28. The molecule has 2 aliphatic rings. The highest BCUT2D eigenvalue weighted by atomic mass is 32.2. The van der Waals surface area contributed by atoms with Crippen LogP contribution in [-0.4, -0.2) is 42.0 Å². The van der Waals surface area contributed by atoms with E-state index in [2.05, 4.69) is 15.5 Å². The SMILES string of the molecule is NS(=O)c1cccc2c1C(=O)C=C(Nc1cccc(N3CCNCC3)c1)C2=O. The lowest BCUT2D eigenvalue weighted by molar-refractivity contribution is 0.0983. The molecule has 2 aromatic carbocycles. The molecular weight excluding hydrogens is 376 g/mol. The number of carbonyl (C=O) groups is 2. The van der Waals surface area contributed by atoms with E-state index in [4.69, 9.17) is 5.14 Å². The second-order valence-corrected chi connectivity index (χ2v) is 7.67. The second kappa shape index (κ2) is 7.67. The van der Waals surface area contributed by atoms with Crippen molar-refractivity contribution in [2.45, 2.75) is 4.90 Å². The molecule has 0 spiro atoms. The Bertz CT molecular complexity index is 1010. The Balaban J connectivity index is 1.62. The number of nitrogens with two attached hydrogens (primary N) is 1. The van der Waals surface area contributed by atoms with E-state index in [0.29, 0.717) is 0 Å². The van der Waals surface area contributed by atoms with Crippen molar-refractivity contribution >= 4 is 33.9 Å². The van der Waals surface area contributed by atoms with Crippen molar-refractivity contribution < 1.29 is 13.8 Å². The summed E-state index contributed by atoms with van der Waals surface area (Å²) in [7, 11) is -1.84. The highest BCUT2D eigenvalue weighted by Gasteiger charge is 2.29. The summed E-state index contributed by atoms with van der Waals surface area (Å²) in [5.41, 5.74) is 2.31. The zero-order valence-electron chi connectivity index (χ0n) is 15.1. The molecule has 7 nitrogen and oxygen atoms in total. The fourth-order valence-corrected chi connectivity index (χ4v) is 4.13. The number of ketones is 2. The van der Waals surface area contributed by atoms with Crippen LogP contribution >= 0.6 is 0 Å². The third kappa shape index (κ3) is 3.49. The Morgan fingerprint density at radius 3 is 2.57 bits per heavy atom. The van der Waals surface area contributed by atoms with Gasteiger partial charge in [-0.3, -0.25) is 9.59 Å². The minimum Gasteiger partial charge on any atom is -0.369 e. The molecule has 144 valence electrons. The summed E-state index contributed by atoms with van der Waals surface area (Å²) < 4.78 is 11.7. The van der Waals surface area contributed by atoms with Crippen LogP contribution in [0.15, 0.2) is 59.1 Å². The Morgan fingerprint density at radius 1 is 1.07 bits per heavy atom. The lowest BCUT2D eigenvalue weighted by Crippen LogP contribution is -2.43. The fraction of sp³-hybridized carbons (Fsp3) is 0.200. The Morgan fingerprint density at radius 2 is 1.82 bits per heavy atom. The van der Waals surface area contributed by atoms with E-state index in [1.807, 2.05) is 24.3 Å². The predicted octanol–water partition coefficient (Wildman–Crippen LogP) is 1.45. The summed E-state index contributed by atoms with van der Waals surface area (Å²) in [5.74, 6) is -0.709. The van der Waals surface area contributed by atoms with Crippen molar-refractivity contribution in [1.82, 2.24) is 5.32 Å². The molecule has 0 amide bonds. The van der Waals surface area contributed by atoms with Gasteiger partial charge in [0.15, 0.2) is 5.78 Å². The molecule has 0 radical (unpaired) electrons. The van der Waals surface area contributed by atoms with Gasteiger partial charge in [-0.05, 0) is 24.3 Å². The number of hydrogen-bond acceptors (Lipinski definition) is 6. The number of nitrogens with zero attached hydrogens (tertiary/aromatic N) is 1. The molecule has 1 atom stereocenters. The first-order valence-electron chi connectivity index (χ1n) is 8.97. The van der Waals surface area contributed by atoms with Gasteiger partial charge in [0.05, 0.1) is 16.2 Å². The number of hydrogen-bond donors (Lipinski definition) is 3. The van der Waals surface area contributed by atoms with E-state index in [-0.39, 0.29) is 33.3 Å². The quantitative estimate of drug-likeness (QED) is 0.723. The summed E-state index contributed by atoms with van der Waals surface area (Å²) in [6, 6.07) is 12.4. The van der Waals surface area contributed by atoms with Crippen LogP contribution in [0.3, 0.4) is 0 Å². The Kier molecular flexibility index (Phi) is 5.08. The van der Waals surface area contributed by atoms with Gasteiger partial charge in [0.2, 0.25) is 5.78 Å². The van der Waals surface area contributed by atoms with E-state index in [0.717, 1.165) is 37.6 Å². The zero-order chi connectivity index (χ0) is 19.7. The minimum absolute atomic E-state index is 0.119. The largest absolute Gasteiger partial charge is 0.369 e. The topological polar surface area (TPSA) is 105 Å². The predicted molar refractivity (Wildman–Crippen MR) is 109 cm³/mol. The van der Waals surface area contributed by atoms with Gasteiger partial charge < -0.3 is 15.5 Å². The third-order valence-corrected chi connectivity index (χ3v) is 5.64. The number of carbonyl (C=O) groups excluding carboxylic acids is 2. The third-order valence-electron chi connectivity index (χ3n) is 4.86. The Labute approximate surface area is 165 Å². The van der Waals surface area contributed by atoms with Crippen LogP contribution < -0.4 is 20.7 Å². The van der Waals surface area contributed by atoms with Gasteiger partial charge in [-0.1, -0.05) is 18.2 Å². The van der Waals surface area contributed by atoms with Gasteiger partial charge in [-0.25, -0.2) is 9.35 Å². The second-order valence-electron chi connectivity index (χ2n) is 6.64. The van der Waals surface area contributed by atoms with Crippen molar-refractivity contribution in [2.75, 3.05) is 36.4 Å². The van der Waals surface area contributed by atoms with Gasteiger partial charge in [0.25, 0.3) is 0 Å². The van der Waals surface area contributed by atoms with Gasteiger partial charge in [-0.15, -0.1) is 0 Å². The van der Waals surface area contributed by atoms with Crippen molar-refractivity contribution in [3.63, 3.8) is 0 Å². The van der Waals surface area contributed by atoms with Crippen LogP contribution in [0.1, 0.15) is 20.7 Å².